The van der Waals surface area contributed by atoms with E-state index in [1.165, 1.54) is 0 Å². The van der Waals surface area contributed by atoms with E-state index in [0.717, 1.165) is 18.4 Å². The number of unbranched alkanes of at least 4 members (excludes halogenated alkanes) is 1. The number of phenolic OH excluding ortho intramolecular Hbond substituents is 1. The molecular weight excluding hydrogens is 216 g/mol. The quantitative estimate of drug-likeness (QED) is 0.685. The molecule has 1 amide bonds. The minimum atomic E-state index is -0.0372. The molecule has 0 saturated carbocycles. The summed E-state index contributed by atoms with van der Waals surface area (Å²) < 4.78 is 0. The van der Waals surface area contributed by atoms with E-state index in [-0.39, 0.29) is 11.7 Å². The molecule has 4 nitrogen and oxygen atoms in total. The highest BCUT2D eigenvalue weighted by molar-refractivity contribution is 5.91. The normalized spacial score (nSPS) is 10.3. The van der Waals surface area contributed by atoms with E-state index >= 15 is 0 Å². The van der Waals surface area contributed by atoms with Crippen molar-refractivity contribution in [2.45, 2.75) is 33.1 Å². The number of hydrogen-bond donors (Lipinski definition) is 3. The first-order chi connectivity index (χ1) is 8.06. The summed E-state index contributed by atoms with van der Waals surface area (Å²) in [7, 11) is 0. The van der Waals surface area contributed by atoms with E-state index in [4.69, 9.17) is 5.73 Å². The summed E-state index contributed by atoms with van der Waals surface area (Å²) in [5.41, 5.74) is 7.55. The van der Waals surface area contributed by atoms with Crippen molar-refractivity contribution in [2.75, 3.05) is 11.9 Å². The molecule has 0 aliphatic heterocycles. The molecule has 0 aliphatic carbocycles. The summed E-state index contributed by atoms with van der Waals surface area (Å²) in [5, 5.41) is 12.5. The largest absolute Gasteiger partial charge is 0.507 e. The van der Waals surface area contributed by atoms with Crippen molar-refractivity contribution in [3.05, 3.63) is 23.3 Å². The van der Waals surface area contributed by atoms with Crippen LogP contribution in [0.4, 0.5) is 5.69 Å². The van der Waals surface area contributed by atoms with Gasteiger partial charge in [0.2, 0.25) is 5.91 Å². The van der Waals surface area contributed by atoms with E-state index in [1.54, 1.807) is 13.0 Å². The zero-order valence-corrected chi connectivity index (χ0v) is 10.4. The smallest absolute Gasteiger partial charge is 0.224 e. The standard InChI is InChI=1S/C13H20N2O2/c1-9-6-7-11(10(2)13(9)17)15-12(16)5-3-4-8-14/h6-7,17H,3-5,8,14H2,1-2H3,(H,15,16). The molecular formula is C13H20N2O2. The first-order valence-electron chi connectivity index (χ1n) is 5.85. The molecule has 0 aliphatic rings. The molecule has 1 aromatic rings. The van der Waals surface area contributed by atoms with E-state index in [0.29, 0.717) is 24.2 Å². The summed E-state index contributed by atoms with van der Waals surface area (Å²) in [6.07, 6.45) is 2.11. The lowest BCUT2D eigenvalue weighted by molar-refractivity contribution is -0.116. The van der Waals surface area contributed by atoms with Crippen LogP contribution in [0, 0.1) is 13.8 Å². The molecule has 17 heavy (non-hydrogen) atoms. The summed E-state index contributed by atoms with van der Waals surface area (Å²) in [6, 6.07) is 3.60. The highest BCUT2D eigenvalue weighted by Gasteiger charge is 2.08. The van der Waals surface area contributed by atoms with Crippen LogP contribution in [0.3, 0.4) is 0 Å². The monoisotopic (exact) mass is 236 g/mol. The van der Waals surface area contributed by atoms with Gasteiger partial charge in [0.25, 0.3) is 0 Å². The van der Waals surface area contributed by atoms with Crippen molar-refractivity contribution in [1.29, 1.82) is 0 Å². The van der Waals surface area contributed by atoms with Gasteiger partial charge < -0.3 is 16.2 Å². The van der Waals surface area contributed by atoms with Crippen molar-refractivity contribution in [3.8, 4) is 5.75 Å². The molecule has 0 bridgehead atoms. The number of phenols is 1. The Labute approximate surface area is 102 Å². The average Bonchev–Trinajstić information content (AvgIpc) is 2.30. The number of aromatic hydroxyl groups is 1. The maximum absolute atomic E-state index is 11.6. The predicted octanol–water partition coefficient (Wildman–Crippen LogP) is 2.08. The summed E-state index contributed by atoms with van der Waals surface area (Å²) >= 11 is 0. The molecule has 0 aromatic heterocycles. The van der Waals surface area contributed by atoms with Crippen LogP contribution in [-0.4, -0.2) is 17.6 Å². The van der Waals surface area contributed by atoms with E-state index in [2.05, 4.69) is 5.32 Å². The summed E-state index contributed by atoms with van der Waals surface area (Å²) in [5.74, 6) is 0.203. The minimum absolute atomic E-state index is 0.0372. The molecule has 0 unspecified atom stereocenters. The van der Waals surface area contributed by atoms with Gasteiger partial charge in [-0.15, -0.1) is 0 Å². The van der Waals surface area contributed by atoms with Gasteiger partial charge in [0.1, 0.15) is 5.75 Å². The molecule has 0 radical (unpaired) electrons. The molecule has 1 aromatic carbocycles. The Hall–Kier alpha value is -1.55. The van der Waals surface area contributed by atoms with Crippen molar-refractivity contribution < 1.29 is 9.90 Å². The second kappa shape index (κ2) is 6.25. The van der Waals surface area contributed by atoms with Crippen molar-refractivity contribution in [2.24, 2.45) is 5.73 Å². The summed E-state index contributed by atoms with van der Waals surface area (Å²) in [6.45, 7) is 4.23. The Kier molecular flexibility index (Phi) is 4.97. The molecule has 0 spiro atoms. The third-order valence-electron chi connectivity index (χ3n) is 2.76. The maximum Gasteiger partial charge on any atom is 0.224 e. The van der Waals surface area contributed by atoms with Crippen molar-refractivity contribution >= 4 is 11.6 Å². The second-order valence-corrected chi connectivity index (χ2v) is 4.20. The van der Waals surface area contributed by atoms with Gasteiger partial charge in [-0.1, -0.05) is 6.07 Å². The fraction of sp³-hybridized carbons (Fsp3) is 0.462. The molecule has 4 heteroatoms. The van der Waals surface area contributed by atoms with Crippen LogP contribution in [0.15, 0.2) is 12.1 Å². The number of nitrogens with one attached hydrogen (secondary N) is 1. The number of anilines is 1. The van der Waals surface area contributed by atoms with Crippen molar-refractivity contribution in [1.82, 2.24) is 0 Å². The molecule has 1 rings (SSSR count). The number of rotatable bonds is 5. The lowest BCUT2D eigenvalue weighted by Gasteiger charge is -2.11. The number of carbonyl (C=O) groups is 1. The molecule has 94 valence electrons. The number of hydrogen-bond acceptors (Lipinski definition) is 3. The van der Waals surface area contributed by atoms with Crippen LogP contribution in [-0.2, 0) is 4.79 Å². The SMILES string of the molecule is Cc1ccc(NC(=O)CCCCN)c(C)c1O. The molecule has 0 heterocycles. The number of aryl methyl sites for hydroxylation is 1. The zero-order valence-electron chi connectivity index (χ0n) is 10.4. The van der Waals surface area contributed by atoms with Gasteiger partial charge in [-0.05, 0) is 44.9 Å². The highest BCUT2D eigenvalue weighted by atomic mass is 16.3. The molecule has 0 fully saturated rings. The van der Waals surface area contributed by atoms with E-state index < -0.39 is 0 Å². The first-order valence-corrected chi connectivity index (χ1v) is 5.85. The number of nitrogens with two attached hydrogens (primary N) is 1. The zero-order chi connectivity index (χ0) is 12.8. The van der Waals surface area contributed by atoms with E-state index in [1.807, 2.05) is 13.0 Å². The van der Waals surface area contributed by atoms with Gasteiger partial charge in [-0.25, -0.2) is 0 Å². The van der Waals surface area contributed by atoms with Gasteiger partial charge in [0.05, 0.1) is 0 Å². The van der Waals surface area contributed by atoms with Gasteiger partial charge in [-0.2, -0.15) is 0 Å². The fourth-order valence-electron chi connectivity index (χ4n) is 1.61. The number of benzene rings is 1. The Morgan fingerprint density at radius 1 is 1.35 bits per heavy atom. The van der Waals surface area contributed by atoms with Gasteiger partial charge in [0, 0.05) is 17.7 Å². The van der Waals surface area contributed by atoms with Gasteiger partial charge in [-0.3, -0.25) is 4.79 Å². The van der Waals surface area contributed by atoms with Crippen LogP contribution in [0.1, 0.15) is 30.4 Å². The van der Waals surface area contributed by atoms with Crippen LogP contribution in [0.2, 0.25) is 0 Å². The fourth-order valence-corrected chi connectivity index (χ4v) is 1.61. The van der Waals surface area contributed by atoms with Crippen LogP contribution < -0.4 is 11.1 Å². The molecule has 0 atom stereocenters. The maximum atomic E-state index is 11.6. The minimum Gasteiger partial charge on any atom is -0.507 e. The lowest BCUT2D eigenvalue weighted by atomic mass is 10.1. The third kappa shape index (κ3) is 3.75. The molecule has 4 N–H and O–H groups in total. The van der Waals surface area contributed by atoms with Crippen LogP contribution in [0.25, 0.3) is 0 Å². The topological polar surface area (TPSA) is 75.4 Å². The Bertz CT molecular complexity index is 403. The number of amides is 1. The first kappa shape index (κ1) is 13.5. The van der Waals surface area contributed by atoms with E-state index in [9.17, 15) is 9.90 Å². The Balaban J connectivity index is 2.63. The Morgan fingerprint density at radius 3 is 2.71 bits per heavy atom. The Morgan fingerprint density at radius 2 is 2.06 bits per heavy atom. The third-order valence-corrected chi connectivity index (χ3v) is 2.76. The lowest BCUT2D eigenvalue weighted by Crippen LogP contribution is -2.13. The number of carbonyl (C=O) groups excluding carboxylic acids is 1. The van der Waals surface area contributed by atoms with Gasteiger partial charge >= 0.3 is 0 Å². The predicted molar refractivity (Wildman–Crippen MR) is 69.1 cm³/mol. The van der Waals surface area contributed by atoms with Crippen LogP contribution >= 0.6 is 0 Å². The van der Waals surface area contributed by atoms with Crippen molar-refractivity contribution in [3.63, 3.8) is 0 Å². The summed E-state index contributed by atoms with van der Waals surface area (Å²) in [4.78, 5) is 11.6. The highest BCUT2D eigenvalue weighted by Crippen LogP contribution is 2.28. The average molecular weight is 236 g/mol. The van der Waals surface area contributed by atoms with Crippen LogP contribution in [0.5, 0.6) is 5.75 Å². The molecule has 0 saturated heterocycles. The second-order valence-electron chi connectivity index (χ2n) is 4.20. The van der Waals surface area contributed by atoms with Gasteiger partial charge in [0.15, 0.2) is 0 Å².